The molecule has 0 spiro atoms. The van der Waals surface area contributed by atoms with Crippen molar-refractivity contribution in [3.05, 3.63) is 22.9 Å². The van der Waals surface area contributed by atoms with Crippen LogP contribution in [0, 0.1) is 0 Å². The maximum atomic E-state index is 12.5. The predicted octanol–water partition coefficient (Wildman–Crippen LogP) is 2.02. The van der Waals surface area contributed by atoms with Gasteiger partial charge in [0.2, 0.25) is 0 Å². The fraction of sp³-hybridized carbons (Fsp3) is 0.647. The van der Waals surface area contributed by atoms with E-state index in [9.17, 15) is 4.79 Å². The van der Waals surface area contributed by atoms with Gasteiger partial charge in [-0.2, -0.15) is 0 Å². The van der Waals surface area contributed by atoms with Gasteiger partial charge in [0, 0.05) is 45.3 Å². The first-order valence-corrected chi connectivity index (χ1v) is 8.15. The van der Waals surface area contributed by atoms with Crippen molar-refractivity contribution >= 4 is 11.7 Å². The van der Waals surface area contributed by atoms with E-state index in [-0.39, 0.29) is 11.9 Å². The largest absolute Gasteiger partial charge is 0.367 e. The Morgan fingerprint density at radius 2 is 2.05 bits per heavy atom. The Labute approximate surface area is 133 Å². The molecule has 122 valence electrons. The van der Waals surface area contributed by atoms with Gasteiger partial charge in [0.15, 0.2) is 0 Å². The summed E-state index contributed by atoms with van der Waals surface area (Å²) < 4.78 is 0. The number of hydrogen-bond donors (Lipinski definition) is 1. The highest BCUT2D eigenvalue weighted by Crippen LogP contribution is 2.23. The molecule has 0 saturated carbocycles. The molecule has 2 rings (SSSR count). The number of aromatic nitrogens is 1. The van der Waals surface area contributed by atoms with Crippen molar-refractivity contribution in [1.29, 1.82) is 0 Å². The summed E-state index contributed by atoms with van der Waals surface area (Å²) in [5.41, 5.74) is 3.03. The summed E-state index contributed by atoms with van der Waals surface area (Å²) in [6, 6.07) is 2.30. The van der Waals surface area contributed by atoms with E-state index in [0.29, 0.717) is 5.56 Å². The summed E-state index contributed by atoms with van der Waals surface area (Å²) in [4.78, 5) is 21.3. The summed E-state index contributed by atoms with van der Waals surface area (Å²) in [6.45, 7) is 9.47. The van der Waals surface area contributed by atoms with Crippen LogP contribution in [0.1, 0.15) is 42.4 Å². The van der Waals surface area contributed by atoms with Gasteiger partial charge in [0.25, 0.3) is 5.91 Å². The van der Waals surface area contributed by atoms with Crippen LogP contribution in [0.25, 0.3) is 0 Å². The highest BCUT2D eigenvalue weighted by atomic mass is 16.2. The van der Waals surface area contributed by atoms with Crippen LogP contribution in [0.15, 0.2) is 6.07 Å². The SMILES string of the molecule is CCN1CCc2cc(C(=O)N(C)C)c(NC(C)C)nc2CC1. The average molecular weight is 304 g/mol. The molecule has 22 heavy (non-hydrogen) atoms. The molecule has 0 aromatic carbocycles. The van der Waals surface area contributed by atoms with Crippen molar-refractivity contribution in [2.45, 2.75) is 39.7 Å². The molecule has 1 N–H and O–H groups in total. The number of amides is 1. The number of hydrogen-bond acceptors (Lipinski definition) is 4. The van der Waals surface area contributed by atoms with Crippen LogP contribution in [-0.4, -0.2) is 60.5 Å². The van der Waals surface area contributed by atoms with Gasteiger partial charge >= 0.3 is 0 Å². The van der Waals surface area contributed by atoms with Gasteiger partial charge in [-0.25, -0.2) is 4.98 Å². The number of carbonyl (C=O) groups is 1. The molecule has 0 fully saturated rings. The first-order valence-electron chi connectivity index (χ1n) is 8.15. The minimum Gasteiger partial charge on any atom is -0.367 e. The number of nitrogens with one attached hydrogen (secondary N) is 1. The first kappa shape index (κ1) is 16.7. The molecule has 1 aromatic heterocycles. The lowest BCUT2D eigenvalue weighted by Crippen LogP contribution is -2.25. The number of likely N-dealkylation sites (N-methyl/N-ethyl adjacent to an activating group) is 1. The molecule has 0 bridgehead atoms. The van der Waals surface area contributed by atoms with Gasteiger partial charge in [-0.05, 0) is 38.4 Å². The zero-order chi connectivity index (χ0) is 16.3. The molecule has 1 amide bonds. The fourth-order valence-electron chi connectivity index (χ4n) is 2.78. The smallest absolute Gasteiger partial charge is 0.257 e. The van der Waals surface area contributed by atoms with Crippen LogP contribution < -0.4 is 5.32 Å². The number of carbonyl (C=O) groups excluding carboxylic acids is 1. The predicted molar refractivity (Wildman–Crippen MR) is 90.5 cm³/mol. The van der Waals surface area contributed by atoms with Crippen LogP contribution >= 0.6 is 0 Å². The highest BCUT2D eigenvalue weighted by molar-refractivity contribution is 5.98. The lowest BCUT2D eigenvalue weighted by molar-refractivity contribution is 0.0828. The molecule has 0 saturated heterocycles. The number of rotatable bonds is 4. The number of nitrogens with zero attached hydrogens (tertiary/aromatic N) is 3. The van der Waals surface area contributed by atoms with Gasteiger partial charge in [0.1, 0.15) is 5.82 Å². The van der Waals surface area contributed by atoms with Gasteiger partial charge in [0.05, 0.1) is 5.56 Å². The van der Waals surface area contributed by atoms with Gasteiger partial charge in [-0.3, -0.25) is 4.79 Å². The number of anilines is 1. The summed E-state index contributed by atoms with van der Waals surface area (Å²) in [5, 5.41) is 3.33. The zero-order valence-corrected chi connectivity index (χ0v) is 14.4. The Morgan fingerprint density at radius 1 is 1.36 bits per heavy atom. The lowest BCUT2D eigenvalue weighted by atomic mass is 10.0. The summed E-state index contributed by atoms with van der Waals surface area (Å²) in [7, 11) is 3.57. The molecule has 1 aromatic rings. The first-order chi connectivity index (χ1) is 10.4. The van der Waals surface area contributed by atoms with Gasteiger partial charge in [-0.15, -0.1) is 0 Å². The molecule has 0 radical (unpaired) electrons. The minimum atomic E-state index is 0.00930. The van der Waals surface area contributed by atoms with Crippen LogP contribution in [0.2, 0.25) is 0 Å². The summed E-state index contributed by atoms with van der Waals surface area (Å²) >= 11 is 0. The second-order valence-corrected chi connectivity index (χ2v) is 6.42. The van der Waals surface area contributed by atoms with Crippen LogP contribution in [0.4, 0.5) is 5.82 Å². The summed E-state index contributed by atoms with van der Waals surface area (Å²) in [6.07, 6.45) is 1.91. The Morgan fingerprint density at radius 3 is 2.64 bits per heavy atom. The molecule has 0 atom stereocenters. The monoisotopic (exact) mass is 304 g/mol. The third-order valence-corrected chi connectivity index (χ3v) is 4.06. The van der Waals surface area contributed by atoms with E-state index in [4.69, 9.17) is 4.98 Å². The third kappa shape index (κ3) is 3.77. The molecule has 0 unspecified atom stereocenters. The van der Waals surface area contributed by atoms with E-state index < -0.39 is 0 Å². The van der Waals surface area contributed by atoms with Crippen molar-refractivity contribution < 1.29 is 4.79 Å². The number of fused-ring (bicyclic) bond motifs is 1. The molecule has 5 nitrogen and oxygen atoms in total. The van der Waals surface area contributed by atoms with Crippen LogP contribution in [0.3, 0.4) is 0 Å². The standard InChI is InChI=1S/C17H28N4O/c1-6-21-9-7-13-11-14(17(22)20(4)5)16(18-12(2)3)19-15(13)8-10-21/h11-12H,6-10H2,1-5H3,(H,18,19). The molecule has 2 heterocycles. The van der Waals surface area contributed by atoms with Gasteiger partial charge in [-0.1, -0.05) is 6.92 Å². The molecule has 5 heteroatoms. The maximum Gasteiger partial charge on any atom is 0.257 e. The normalized spacial score (nSPS) is 15.4. The Bertz CT molecular complexity index is 540. The quantitative estimate of drug-likeness (QED) is 0.924. The molecule has 1 aliphatic rings. The van der Waals surface area contributed by atoms with E-state index in [1.165, 1.54) is 5.56 Å². The van der Waals surface area contributed by atoms with E-state index in [1.54, 1.807) is 19.0 Å². The molecule has 1 aliphatic heterocycles. The van der Waals surface area contributed by atoms with E-state index >= 15 is 0 Å². The topological polar surface area (TPSA) is 48.5 Å². The fourth-order valence-corrected chi connectivity index (χ4v) is 2.78. The lowest BCUT2D eigenvalue weighted by Gasteiger charge is -2.19. The molecular formula is C17H28N4O. The van der Waals surface area contributed by atoms with E-state index in [1.807, 2.05) is 0 Å². The maximum absolute atomic E-state index is 12.5. The summed E-state index contributed by atoms with van der Waals surface area (Å²) in [5.74, 6) is 0.729. The Hall–Kier alpha value is -1.62. The zero-order valence-electron chi connectivity index (χ0n) is 14.4. The van der Waals surface area contributed by atoms with E-state index in [0.717, 1.165) is 44.0 Å². The van der Waals surface area contributed by atoms with Gasteiger partial charge < -0.3 is 15.1 Å². The second-order valence-electron chi connectivity index (χ2n) is 6.42. The van der Waals surface area contributed by atoms with Crippen molar-refractivity contribution in [2.24, 2.45) is 0 Å². The van der Waals surface area contributed by atoms with Crippen molar-refractivity contribution in [3.8, 4) is 0 Å². The highest BCUT2D eigenvalue weighted by Gasteiger charge is 2.21. The second kappa shape index (κ2) is 7.09. The van der Waals surface area contributed by atoms with E-state index in [2.05, 4.69) is 37.1 Å². The average Bonchev–Trinajstić information content (AvgIpc) is 2.66. The van der Waals surface area contributed by atoms with Crippen molar-refractivity contribution in [2.75, 3.05) is 39.0 Å². The Kier molecular flexibility index (Phi) is 5.40. The van der Waals surface area contributed by atoms with Crippen molar-refractivity contribution in [3.63, 3.8) is 0 Å². The third-order valence-electron chi connectivity index (χ3n) is 4.06. The number of pyridine rings is 1. The minimum absolute atomic E-state index is 0.00930. The molecular weight excluding hydrogens is 276 g/mol. The van der Waals surface area contributed by atoms with Crippen LogP contribution in [0.5, 0.6) is 0 Å². The molecule has 0 aliphatic carbocycles. The van der Waals surface area contributed by atoms with Crippen molar-refractivity contribution in [1.82, 2.24) is 14.8 Å². The Balaban J connectivity index is 2.41. The van der Waals surface area contributed by atoms with Crippen LogP contribution in [-0.2, 0) is 12.8 Å².